The molecule has 2 N–H and O–H groups in total. The van der Waals surface area contributed by atoms with Crippen molar-refractivity contribution in [3.05, 3.63) is 104 Å². The number of fused-ring (bicyclic) bond motifs is 1. The molecule has 4 rings (SSSR count). The predicted octanol–water partition coefficient (Wildman–Crippen LogP) is 6.72. The maximum atomic E-state index is 12.5. The van der Waals surface area contributed by atoms with Gasteiger partial charge in [-0.05, 0) is 84.9 Å². The molecule has 0 saturated carbocycles. The van der Waals surface area contributed by atoms with Crippen LogP contribution in [0.3, 0.4) is 0 Å². The van der Waals surface area contributed by atoms with Gasteiger partial charge in [0.2, 0.25) is 0 Å². The minimum absolute atomic E-state index is 0.0954. The van der Waals surface area contributed by atoms with Crippen LogP contribution in [0.1, 0.15) is 27.0 Å². The van der Waals surface area contributed by atoms with Crippen molar-refractivity contribution in [1.82, 2.24) is 5.43 Å². The molecule has 7 heteroatoms. The molecule has 33 heavy (non-hydrogen) atoms. The van der Waals surface area contributed by atoms with E-state index in [1.807, 2.05) is 61.5 Å². The summed E-state index contributed by atoms with van der Waals surface area (Å²) >= 11 is 7.08. The molecule has 0 atom stereocenters. The third-order valence-electron chi connectivity index (χ3n) is 4.97. The maximum absolute atomic E-state index is 12.5. The van der Waals surface area contributed by atoms with Crippen molar-refractivity contribution in [3.63, 3.8) is 0 Å². The number of phenols is 1. The van der Waals surface area contributed by atoms with Gasteiger partial charge in [-0.15, -0.1) is 0 Å². The zero-order valence-electron chi connectivity index (χ0n) is 17.7. The second-order valence-corrected chi connectivity index (χ2v) is 9.22. The molecular weight excluding hydrogens is 548 g/mol. The molecule has 0 bridgehead atoms. The van der Waals surface area contributed by atoms with E-state index in [1.165, 1.54) is 11.8 Å². The van der Waals surface area contributed by atoms with Crippen molar-refractivity contribution in [2.45, 2.75) is 13.5 Å². The second kappa shape index (κ2) is 10.2. The molecular formula is C26H20Br2N2O3. The summed E-state index contributed by atoms with van der Waals surface area (Å²) in [5, 5.41) is 16.0. The highest BCUT2D eigenvalue weighted by Gasteiger charge is 2.12. The summed E-state index contributed by atoms with van der Waals surface area (Å²) in [4.78, 5) is 12.5. The third kappa shape index (κ3) is 5.61. The second-order valence-electron chi connectivity index (χ2n) is 7.51. The Morgan fingerprint density at radius 2 is 1.70 bits per heavy atom. The van der Waals surface area contributed by atoms with E-state index in [-0.39, 0.29) is 11.3 Å². The fourth-order valence-electron chi connectivity index (χ4n) is 3.39. The first-order valence-corrected chi connectivity index (χ1v) is 11.7. The van der Waals surface area contributed by atoms with Crippen LogP contribution in [-0.2, 0) is 6.61 Å². The highest BCUT2D eigenvalue weighted by Crippen LogP contribution is 2.35. The lowest BCUT2D eigenvalue weighted by Gasteiger charge is -2.12. The van der Waals surface area contributed by atoms with Gasteiger partial charge in [-0.1, -0.05) is 54.1 Å². The highest BCUT2D eigenvalue weighted by atomic mass is 79.9. The van der Waals surface area contributed by atoms with E-state index < -0.39 is 5.91 Å². The smallest absolute Gasteiger partial charge is 0.275 e. The molecule has 0 unspecified atom stereocenters. The molecule has 4 aromatic rings. The summed E-state index contributed by atoms with van der Waals surface area (Å²) in [6.45, 7) is 2.49. The Morgan fingerprint density at radius 3 is 2.39 bits per heavy atom. The molecule has 0 spiro atoms. The topological polar surface area (TPSA) is 70.9 Å². The van der Waals surface area contributed by atoms with Gasteiger partial charge >= 0.3 is 0 Å². The monoisotopic (exact) mass is 566 g/mol. The average Bonchev–Trinajstić information content (AvgIpc) is 2.78. The van der Waals surface area contributed by atoms with Gasteiger partial charge in [-0.3, -0.25) is 4.79 Å². The van der Waals surface area contributed by atoms with Crippen LogP contribution in [0.2, 0.25) is 0 Å². The molecule has 0 radical (unpaired) electrons. The Balaban J connectivity index is 1.44. The average molecular weight is 568 g/mol. The minimum Gasteiger partial charge on any atom is -0.507 e. The van der Waals surface area contributed by atoms with Gasteiger partial charge in [-0.25, -0.2) is 5.43 Å². The zero-order valence-corrected chi connectivity index (χ0v) is 20.9. The van der Waals surface area contributed by atoms with Crippen LogP contribution >= 0.6 is 31.9 Å². The van der Waals surface area contributed by atoms with E-state index in [0.29, 0.717) is 12.4 Å². The van der Waals surface area contributed by atoms with Gasteiger partial charge in [0.1, 0.15) is 18.1 Å². The van der Waals surface area contributed by atoms with Crippen LogP contribution in [0.4, 0.5) is 0 Å². The Labute approximate surface area is 208 Å². The third-order valence-corrected chi connectivity index (χ3v) is 6.15. The number of amides is 1. The molecule has 4 aromatic carbocycles. The van der Waals surface area contributed by atoms with Gasteiger partial charge < -0.3 is 9.84 Å². The number of nitrogens with one attached hydrogen (secondary N) is 1. The lowest BCUT2D eigenvalue weighted by atomic mass is 10.1. The quantitative estimate of drug-likeness (QED) is 0.201. The normalized spacial score (nSPS) is 11.1. The first-order valence-electron chi connectivity index (χ1n) is 10.1. The molecule has 0 fully saturated rings. The van der Waals surface area contributed by atoms with Crippen LogP contribution < -0.4 is 10.2 Å². The van der Waals surface area contributed by atoms with Gasteiger partial charge in [0.15, 0.2) is 0 Å². The van der Waals surface area contributed by atoms with Crippen LogP contribution in [0.5, 0.6) is 11.5 Å². The minimum atomic E-state index is -0.495. The number of carbonyl (C=O) groups excluding carboxylic acids is 1. The van der Waals surface area contributed by atoms with Crippen molar-refractivity contribution in [1.29, 1.82) is 0 Å². The number of aryl methyl sites for hydroxylation is 1. The number of hydrazone groups is 1. The van der Waals surface area contributed by atoms with Crippen molar-refractivity contribution in [2.75, 3.05) is 0 Å². The fourth-order valence-corrected chi connectivity index (χ4v) is 4.84. The van der Waals surface area contributed by atoms with E-state index in [2.05, 4.69) is 48.5 Å². The van der Waals surface area contributed by atoms with E-state index >= 15 is 0 Å². The number of ether oxygens (including phenoxy) is 1. The van der Waals surface area contributed by atoms with Gasteiger partial charge in [0, 0.05) is 0 Å². The van der Waals surface area contributed by atoms with E-state index in [4.69, 9.17) is 4.74 Å². The first kappa shape index (κ1) is 23.0. The molecule has 0 aromatic heterocycles. The number of rotatable bonds is 6. The number of phenolic OH excluding ortho intramolecular Hbond substituents is 1. The number of hydrogen-bond donors (Lipinski definition) is 2. The molecule has 0 aliphatic rings. The van der Waals surface area contributed by atoms with Crippen LogP contribution in [0.25, 0.3) is 10.8 Å². The Bertz CT molecular complexity index is 1350. The summed E-state index contributed by atoms with van der Waals surface area (Å²) in [7, 11) is 0. The Morgan fingerprint density at radius 1 is 1.00 bits per heavy atom. The van der Waals surface area contributed by atoms with E-state index in [1.54, 1.807) is 12.1 Å². The summed E-state index contributed by atoms with van der Waals surface area (Å²) in [5.74, 6) is 0.0894. The molecule has 0 aliphatic heterocycles. The maximum Gasteiger partial charge on any atom is 0.275 e. The van der Waals surface area contributed by atoms with Gasteiger partial charge in [0.05, 0.1) is 20.7 Å². The lowest BCUT2D eigenvalue weighted by molar-refractivity contribution is 0.0952. The van der Waals surface area contributed by atoms with Crippen molar-refractivity contribution >= 4 is 54.8 Å². The number of hydrogen-bond acceptors (Lipinski definition) is 4. The number of benzene rings is 4. The molecule has 0 aliphatic carbocycles. The molecule has 166 valence electrons. The number of nitrogens with zero attached hydrogens (tertiary/aromatic N) is 1. The lowest BCUT2D eigenvalue weighted by Crippen LogP contribution is -2.17. The number of carbonyl (C=O) groups is 1. The van der Waals surface area contributed by atoms with Crippen LogP contribution in [0.15, 0.2) is 86.8 Å². The number of aromatic hydroxyl groups is 1. The summed E-state index contributed by atoms with van der Waals surface area (Å²) < 4.78 is 7.48. The standard InChI is InChI=1S/C26H20Br2N2O3/c1-16-5-4-6-17(9-16)15-33-25-22(27)10-18(11-23(25)28)14-29-30-26(32)21-12-19-7-2-3-8-20(19)13-24(21)31/h2-14,31H,15H2,1H3,(H,30,32). The Kier molecular flexibility index (Phi) is 7.11. The fraction of sp³-hybridized carbons (Fsp3) is 0.0769. The van der Waals surface area contributed by atoms with Crippen molar-refractivity contribution < 1.29 is 14.6 Å². The van der Waals surface area contributed by atoms with Gasteiger partial charge in [0.25, 0.3) is 5.91 Å². The molecule has 0 heterocycles. The van der Waals surface area contributed by atoms with Crippen LogP contribution in [-0.4, -0.2) is 17.2 Å². The van der Waals surface area contributed by atoms with Crippen molar-refractivity contribution in [3.8, 4) is 11.5 Å². The molecule has 1 amide bonds. The predicted molar refractivity (Wildman–Crippen MR) is 138 cm³/mol. The largest absolute Gasteiger partial charge is 0.507 e. The zero-order chi connectivity index (χ0) is 23.4. The Hall–Kier alpha value is -3.16. The highest BCUT2D eigenvalue weighted by molar-refractivity contribution is 9.11. The summed E-state index contributed by atoms with van der Waals surface area (Å²) in [6, 6.07) is 22.6. The van der Waals surface area contributed by atoms with Crippen molar-refractivity contribution in [2.24, 2.45) is 5.10 Å². The molecule has 5 nitrogen and oxygen atoms in total. The number of halogens is 2. The van der Waals surface area contributed by atoms with Crippen LogP contribution in [0, 0.1) is 6.92 Å². The SMILES string of the molecule is Cc1cccc(COc2c(Br)cc(C=NNC(=O)c3cc4ccccc4cc3O)cc2Br)c1. The van der Waals surface area contributed by atoms with E-state index in [9.17, 15) is 9.90 Å². The molecule has 0 saturated heterocycles. The van der Waals surface area contributed by atoms with Gasteiger partial charge in [-0.2, -0.15) is 5.10 Å². The first-order chi connectivity index (χ1) is 15.9. The summed E-state index contributed by atoms with van der Waals surface area (Å²) in [6.07, 6.45) is 1.52. The summed E-state index contributed by atoms with van der Waals surface area (Å²) in [5.41, 5.74) is 5.64. The van der Waals surface area contributed by atoms with E-state index in [0.717, 1.165) is 30.8 Å².